The SMILES string of the molecule is CCCCCOc1ccc(C=CC(=O)NO)cc1. The van der Waals surface area contributed by atoms with Crippen LogP contribution >= 0.6 is 0 Å². The van der Waals surface area contributed by atoms with E-state index in [2.05, 4.69) is 6.92 Å². The molecule has 0 heterocycles. The molecule has 2 N–H and O–H groups in total. The lowest BCUT2D eigenvalue weighted by atomic mass is 10.2. The van der Waals surface area contributed by atoms with E-state index < -0.39 is 5.91 Å². The fraction of sp³-hybridized carbons (Fsp3) is 0.357. The summed E-state index contributed by atoms with van der Waals surface area (Å²) in [6.45, 7) is 2.89. The standard InChI is InChI=1S/C14H19NO3/c1-2-3-4-11-18-13-8-5-12(6-9-13)7-10-14(16)15-17/h5-10,17H,2-4,11H2,1H3,(H,15,16). The van der Waals surface area contributed by atoms with Crippen molar-refractivity contribution < 1.29 is 14.7 Å². The van der Waals surface area contributed by atoms with Gasteiger partial charge in [0.15, 0.2) is 0 Å². The average molecular weight is 249 g/mol. The number of nitrogens with one attached hydrogen (secondary N) is 1. The summed E-state index contributed by atoms with van der Waals surface area (Å²) in [5.74, 6) is 0.282. The molecule has 0 saturated carbocycles. The summed E-state index contributed by atoms with van der Waals surface area (Å²) in [5.41, 5.74) is 2.41. The molecule has 18 heavy (non-hydrogen) atoms. The topological polar surface area (TPSA) is 58.6 Å². The minimum atomic E-state index is -0.546. The quantitative estimate of drug-likeness (QED) is 0.338. The van der Waals surface area contributed by atoms with Crippen molar-refractivity contribution in [3.05, 3.63) is 35.9 Å². The number of carbonyl (C=O) groups excluding carboxylic acids is 1. The first-order valence-corrected chi connectivity index (χ1v) is 6.11. The van der Waals surface area contributed by atoms with Crippen LogP contribution in [0.4, 0.5) is 0 Å². The molecule has 1 amide bonds. The summed E-state index contributed by atoms with van der Waals surface area (Å²) in [5, 5.41) is 8.33. The van der Waals surface area contributed by atoms with Crippen molar-refractivity contribution in [2.45, 2.75) is 26.2 Å². The molecule has 1 aromatic rings. The Labute approximate surface area is 107 Å². The minimum Gasteiger partial charge on any atom is -0.494 e. The second kappa shape index (κ2) is 8.31. The van der Waals surface area contributed by atoms with Crippen LogP contribution in [0.1, 0.15) is 31.7 Å². The second-order valence-electron chi connectivity index (χ2n) is 3.93. The number of carbonyl (C=O) groups is 1. The van der Waals surface area contributed by atoms with Crippen LogP contribution in [0.3, 0.4) is 0 Å². The third-order valence-electron chi connectivity index (χ3n) is 2.43. The Bertz CT molecular complexity index is 385. The van der Waals surface area contributed by atoms with E-state index in [1.54, 1.807) is 6.08 Å². The maximum Gasteiger partial charge on any atom is 0.267 e. The number of hydroxylamine groups is 1. The lowest BCUT2D eigenvalue weighted by molar-refractivity contribution is -0.124. The van der Waals surface area contributed by atoms with Crippen molar-refractivity contribution in [3.8, 4) is 5.75 Å². The Morgan fingerprint density at radius 1 is 1.33 bits per heavy atom. The number of unbranched alkanes of at least 4 members (excludes halogenated alkanes) is 2. The summed E-state index contributed by atoms with van der Waals surface area (Å²) in [6, 6.07) is 7.44. The molecule has 0 atom stereocenters. The molecule has 0 saturated heterocycles. The Balaban J connectivity index is 2.42. The highest BCUT2D eigenvalue weighted by atomic mass is 16.5. The van der Waals surface area contributed by atoms with E-state index in [0.717, 1.165) is 24.3 Å². The van der Waals surface area contributed by atoms with Crippen molar-refractivity contribution in [2.24, 2.45) is 0 Å². The Morgan fingerprint density at radius 2 is 2.06 bits per heavy atom. The van der Waals surface area contributed by atoms with Crippen molar-refractivity contribution in [1.82, 2.24) is 5.48 Å². The predicted molar refractivity (Wildman–Crippen MR) is 70.4 cm³/mol. The van der Waals surface area contributed by atoms with E-state index in [-0.39, 0.29) is 0 Å². The zero-order chi connectivity index (χ0) is 13.2. The third kappa shape index (κ3) is 5.50. The molecule has 0 radical (unpaired) electrons. The van der Waals surface area contributed by atoms with Gasteiger partial charge in [-0.1, -0.05) is 31.9 Å². The Morgan fingerprint density at radius 3 is 2.67 bits per heavy atom. The van der Waals surface area contributed by atoms with Gasteiger partial charge in [-0.25, -0.2) is 5.48 Å². The molecule has 0 aliphatic carbocycles. The highest BCUT2D eigenvalue weighted by Gasteiger charge is 1.95. The van der Waals surface area contributed by atoms with Crippen molar-refractivity contribution in [1.29, 1.82) is 0 Å². The number of hydrogen-bond donors (Lipinski definition) is 2. The lowest BCUT2D eigenvalue weighted by Crippen LogP contribution is -2.14. The highest BCUT2D eigenvalue weighted by molar-refractivity contribution is 5.90. The van der Waals surface area contributed by atoms with Crippen molar-refractivity contribution >= 4 is 12.0 Å². The van der Waals surface area contributed by atoms with Crippen molar-refractivity contribution in [2.75, 3.05) is 6.61 Å². The summed E-state index contributed by atoms with van der Waals surface area (Å²) >= 11 is 0. The fourth-order valence-electron chi connectivity index (χ4n) is 1.43. The maximum absolute atomic E-state index is 10.8. The number of rotatable bonds is 7. The zero-order valence-electron chi connectivity index (χ0n) is 10.6. The maximum atomic E-state index is 10.8. The molecule has 0 aliphatic heterocycles. The smallest absolute Gasteiger partial charge is 0.267 e. The van der Waals surface area contributed by atoms with Gasteiger partial charge in [0.2, 0.25) is 0 Å². The van der Waals surface area contributed by atoms with Gasteiger partial charge in [0.05, 0.1) is 6.61 Å². The first kappa shape index (κ1) is 14.3. The third-order valence-corrected chi connectivity index (χ3v) is 2.43. The Hall–Kier alpha value is -1.81. The molecular weight excluding hydrogens is 230 g/mol. The van der Waals surface area contributed by atoms with E-state index in [0.29, 0.717) is 0 Å². The molecule has 1 rings (SSSR count). The van der Waals surface area contributed by atoms with Crippen LogP contribution in [-0.2, 0) is 4.79 Å². The summed E-state index contributed by atoms with van der Waals surface area (Å²) in [7, 11) is 0. The first-order chi connectivity index (χ1) is 8.76. The molecule has 1 aromatic carbocycles. The van der Waals surface area contributed by atoms with Gasteiger partial charge >= 0.3 is 0 Å². The van der Waals surface area contributed by atoms with Crippen LogP contribution in [0, 0.1) is 0 Å². The van der Waals surface area contributed by atoms with Gasteiger partial charge in [0, 0.05) is 6.08 Å². The molecule has 0 aliphatic rings. The van der Waals surface area contributed by atoms with Gasteiger partial charge in [-0.05, 0) is 30.2 Å². The van der Waals surface area contributed by atoms with E-state index in [1.165, 1.54) is 24.4 Å². The molecule has 4 heteroatoms. The van der Waals surface area contributed by atoms with Crippen LogP contribution in [0.25, 0.3) is 6.08 Å². The first-order valence-electron chi connectivity index (χ1n) is 6.11. The summed E-state index contributed by atoms with van der Waals surface area (Å²) in [4.78, 5) is 10.8. The van der Waals surface area contributed by atoms with Crippen LogP contribution in [-0.4, -0.2) is 17.7 Å². The number of hydrogen-bond acceptors (Lipinski definition) is 3. The van der Waals surface area contributed by atoms with Gasteiger partial charge in [0.25, 0.3) is 5.91 Å². The van der Waals surface area contributed by atoms with E-state index in [9.17, 15) is 4.79 Å². The Kier molecular flexibility index (Phi) is 6.58. The second-order valence-corrected chi connectivity index (χ2v) is 3.93. The summed E-state index contributed by atoms with van der Waals surface area (Å²) in [6.07, 6.45) is 6.30. The minimum absolute atomic E-state index is 0.546. The van der Waals surface area contributed by atoms with Gasteiger partial charge in [-0.15, -0.1) is 0 Å². The molecular formula is C14H19NO3. The zero-order valence-corrected chi connectivity index (χ0v) is 10.6. The molecule has 0 aromatic heterocycles. The van der Waals surface area contributed by atoms with Crippen LogP contribution in [0.2, 0.25) is 0 Å². The number of ether oxygens (including phenoxy) is 1. The molecule has 98 valence electrons. The monoisotopic (exact) mass is 249 g/mol. The normalized spacial score (nSPS) is 10.6. The van der Waals surface area contributed by atoms with Gasteiger partial charge in [-0.3, -0.25) is 10.0 Å². The van der Waals surface area contributed by atoms with Crippen LogP contribution in [0.5, 0.6) is 5.75 Å². The molecule has 4 nitrogen and oxygen atoms in total. The molecule has 0 unspecified atom stereocenters. The average Bonchev–Trinajstić information content (AvgIpc) is 2.42. The summed E-state index contributed by atoms with van der Waals surface area (Å²) < 4.78 is 5.57. The molecule has 0 bridgehead atoms. The van der Waals surface area contributed by atoms with E-state index >= 15 is 0 Å². The highest BCUT2D eigenvalue weighted by Crippen LogP contribution is 2.13. The van der Waals surface area contributed by atoms with E-state index in [4.69, 9.17) is 9.94 Å². The predicted octanol–water partition coefficient (Wildman–Crippen LogP) is 2.77. The fourth-order valence-corrected chi connectivity index (χ4v) is 1.43. The molecule has 0 fully saturated rings. The largest absolute Gasteiger partial charge is 0.494 e. The number of benzene rings is 1. The van der Waals surface area contributed by atoms with Crippen molar-refractivity contribution in [3.63, 3.8) is 0 Å². The van der Waals surface area contributed by atoms with Crippen LogP contribution < -0.4 is 10.2 Å². The lowest BCUT2D eigenvalue weighted by Gasteiger charge is -2.05. The van der Waals surface area contributed by atoms with Crippen LogP contribution in [0.15, 0.2) is 30.3 Å². The van der Waals surface area contributed by atoms with E-state index in [1.807, 2.05) is 24.3 Å². The van der Waals surface area contributed by atoms with Gasteiger partial charge in [-0.2, -0.15) is 0 Å². The van der Waals surface area contributed by atoms with Gasteiger partial charge < -0.3 is 4.74 Å². The van der Waals surface area contributed by atoms with Gasteiger partial charge in [0.1, 0.15) is 5.75 Å². The number of amides is 1. The molecule has 0 spiro atoms.